The zero-order valence-corrected chi connectivity index (χ0v) is 12.1. The summed E-state index contributed by atoms with van der Waals surface area (Å²) in [7, 11) is 0.100. The number of Topliss-reactive ketones (excluding diaryl/α,β-unsaturated/α-hetero) is 1. The molecule has 1 aromatic carbocycles. The molecule has 0 aromatic heterocycles. The zero-order valence-electron chi connectivity index (χ0n) is 11.3. The number of benzene rings is 1. The van der Waals surface area contributed by atoms with E-state index in [0.717, 1.165) is 18.9 Å². The lowest BCUT2D eigenvalue weighted by atomic mass is 10.1. The first-order valence-electron chi connectivity index (χ1n) is 6.43. The highest BCUT2D eigenvalue weighted by Crippen LogP contribution is 2.20. The summed E-state index contributed by atoms with van der Waals surface area (Å²) in [5, 5.41) is 0. The fraction of sp³-hybridized carbons (Fsp3) is 0.500. The standard InChI is InChI=1S/C14H17FO4S/c1-18-14-5-4-10(15)7-12(14)13(16)9-20(17)8-11-3-2-6-19-11/h4-5,7,11H,2-3,6,8-9H2,1H3. The van der Waals surface area contributed by atoms with Crippen molar-refractivity contribution in [3.63, 3.8) is 0 Å². The number of rotatable bonds is 6. The number of ketones is 1. The van der Waals surface area contributed by atoms with Gasteiger partial charge in [0.1, 0.15) is 11.6 Å². The minimum atomic E-state index is -1.31. The molecule has 0 radical (unpaired) electrons. The van der Waals surface area contributed by atoms with E-state index in [1.54, 1.807) is 0 Å². The summed E-state index contributed by atoms with van der Waals surface area (Å²) in [6.07, 6.45) is 1.81. The molecule has 2 unspecified atom stereocenters. The molecule has 1 heterocycles. The van der Waals surface area contributed by atoms with Crippen molar-refractivity contribution >= 4 is 16.6 Å². The summed E-state index contributed by atoms with van der Waals surface area (Å²) in [6.45, 7) is 0.688. The maximum Gasteiger partial charge on any atom is 0.179 e. The van der Waals surface area contributed by atoms with E-state index in [0.29, 0.717) is 18.1 Å². The molecule has 0 amide bonds. The van der Waals surface area contributed by atoms with E-state index in [2.05, 4.69) is 0 Å². The largest absolute Gasteiger partial charge is 0.496 e. The van der Waals surface area contributed by atoms with Crippen molar-refractivity contribution < 1.29 is 22.9 Å². The van der Waals surface area contributed by atoms with Gasteiger partial charge in [-0.1, -0.05) is 0 Å². The van der Waals surface area contributed by atoms with Crippen molar-refractivity contribution in [3.05, 3.63) is 29.6 Å². The van der Waals surface area contributed by atoms with E-state index >= 15 is 0 Å². The maximum absolute atomic E-state index is 13.2. The molecule has 1 fully saturated rings. The second-order valence-electron chi connectivity index (χ2n) is 4.65. The molecule has 1 aliphatic rings. The Balaban J connectivity index is 2.00. The van der Waals surface area contributed by atoms with Gasteiger partial charge in [-0.05, 0) is 31.0 Å². The van der Waals surface area contributed by atoms with Crippen molar-refractivity contribution in [2.75, 3.05) is 25.2 Å². The highest BCUT2D eigenvalue weighted by atomic mass is 32.2. The van der Waals surface area contributed by atoms with E-state index in [1.165, 1.54) is 19.2 Å². The fourth-order valence-electron chi connectivity index (χ4n) is 2.16. The van der Waals surface area contributed by atoms with Gasteiger partial charge in [-0.3, -0.25) is 9.00 Å². The quantitative estimate of drug-likeness (QED) is 0.754. The lowest BCUT2D eigenvalue weighted by Gasteiger charge is -2.10. The third-order valence-corrected chi connectivity index (χ3v) is 4.48. The topological polar surface area (TPSA) is 52.6 Å². The fourth-order valence-corrected chi connectivity index (χ4v) is 3.41. The summed E-state index contributed by atoms with van der Waals surface area (Å²) >= 11 is 0. The van der Waals surface area contributed by atoms with Crippen LogP contribution in [-0.4, -0.2) is 41.3 Å². The van der Waals surface area contributed by atoms with E-state index < -0.39 is 16.6 Å². The molecule has 4 nitrogen and oxygen atoms in total. The summed E-state index contributed by atoms with van der Waals surface area (Å²) in [6, 6.07) is 3.73. The predicted octanol–water partition coefficient (Wildman–Crippen LogP) is 1.94. The van der Waals surface area contributed by atoms with Gasteiger partial charge >= 0.3 is 0 Å². The van der Waals surface area contributed by atoms with E-state index in [1.807, 2.05) is 0 Å². The number of carbonyl (C=O) groups is 1. The van der Waals surface area contributed by atoms with Gasteiger partial charge in [0, 0.05) is 17.4 Å². The molecule has 0 bridgehead atoms. The summed E-state index contributed by atoms with van der Waals surface area (Å²) in [5.41, 5.74) is 0.133. The number of carbonyl (C=O) groups excluding carboxylic acids is 1. The van der Waals surface area contributed by atoms with Crippen LogP contribution in [0.4, 0.5) is 4.39 Å². The predicted molar refractivity (Wildman–Crippen MR) is 74.1 cm³/mol. The number of hydrogen-bond acceptors (Lipinski definition) is 4. The Labute approximate surface area is 119 Å². The number of halogens is 1. The van der Waals surface area contributed by atoms with Gasteiger partial charge in [-0.25, -0.2) is 4.39 Å². The Morgan fingerprint density at radius 2 is 2.35 bits per heavy atom. The number of hydrogen-bond donors (Lipinski definition) is 0. The second kappa shape index (κ2) is 6.95. The third kappa shape index (κ3) is 3.86. The second-order valence-corrected chi connectivity index (χ2v) is 6.16. The molecule has 110 valence electrons. The van der Waals surface area contributed by atoms with Crippen molar-refractivity contribution in [3.8, 4) is 5.75 Å². The molecular formula is C14H17FO4S. The summed E-state index contributed by atoms with van der Waals surface area (Å²) in [5.74, 6) is -0.384. The first-order valence-corrected chi connectivity index (χ1v) is 7.92. The molecule has 2 atom stereocenters. The number of methoxy groups -OCH3 is 1. The van der Waals surface area contributed by atoms with Crippen LogP contribution in [0.3, 0.4) is 0 Å². The van der Waals surface area contributed by atoms with Gasteiger partial charge in [0.05, 0.1) is 30.3 Å². The smallest absolute Gasteiger partial charge is 0.179 e. The average Bonchev–Trinajstić information content (AvgIpc) is 2.91. The lowest BCUT2D eigenvalue weighted by Crippen LogP contribution is -2.21. The molecule has 1 aromatic rings. The van der Waals surface area contributed by atoms with Crippen LogP contribution in [0.1, 0.15) is 23.2 Å². The van der Waals surface area contributed by atoms with Crippen molar-refractivity contribution in [2.45, 2.75) is 18.9 Å². The Bertz CT molecular complexity index is 512. The van der Waals surface area contributed by atoms with Gasteiger partial charge in [0.25, 0.3) is 0 Å². The van der Waals surface area contributed by atoms with Gasteiger partial charge in [0.15, 0.2) is 5.78 Å². The van der Waals surface area contributed by atoms with Crippen LogP contribution >= 0.6 is 0 Å². The number of ether oxygens (including phenoxy) is 2. The Morgan fingerprint density at radius 1 is 1.55 bits per heavy atom. The molecular weight excluding hydrogens is 283 g/mol. The Morgan fingerprint density at radius 3 is 3.00 bits per heavy atom. The zero-order chi connectivity index (χ0) is 14.5. The maximum atomic E-state index is 13.2. The molecule has 1 aliphatic heterocycles. The SMILES string of the molecule is COc1ccc(F)cc1C(=O)CS(=O)CC1CCCO1. The van der Waals surface area contributed by atoms with Gasteiger partial charge in [-0.2, -0.15) is 0 Å². The van der Waals surface area contributed by atoms with Crippen LogP contribution in [0.2, 0.25) is 0 Å². The van der Waals surface area contributed by atoms with Crippen molar-refractivity contribution in [1.29, 1.82) is 0 Å². The first kappa shape index (κ1) is 15.1. The molecule has 6 heteroatoms. The Kier molecular flexibility index (Phi) is 5.25. The van der Waals surface area contributed by atoms with Gasteiger partial charge in [-0.15, -0.1) is 0 Å². The van der Waals surface area contributed by atoms with Crippen LogP contribution in [0, 0.1) is 5.82 Å². The highest BCUT2D eigenvalue weighted by Gasteiger charge is 2.21. The Hall–Kier alpha value is -1.27. The van der Waals surface area contributed by atoms with Crippen LogP contribution in [0.25, 0.3) is 0 Å². The molecule has 0 aliphatic carbocycles. The van der Waals surface area contributed by atoms with Gasteiger partial charge < -0.3 is 9.47 Å². The first-order chi connectivity index (χ1) is 9.60. The van der Waals surface area contributed by atoms with Crippen LogP contribution < -0.4 is 4.74 Å². The summed E-state index contributed by atoms with van der Waals surface area (Å²) in [4.78, 5) is 12.1. The van der Waals surface area contributed by atoms with E-state index in [9.17, 15) is 13.4 Å². The van der Waals surface area contributed by atoms with Crippen LogP contribution in [0.15, 0.2) is 18.2 Å². The van der Waals surface area contributed by atoms with E-state index in [-0.39, 0.29) is 23.2 Å². The van der Waals surface area contributed by atoms with E-state index in [4.69, 9.17) is 9.47 Å². The van der Waals surface area contributed by atoms with Crippen LogP contribution in [-0.2, 0) is 15.5 Å². The molecule has 1 saturated heterocycles. The average molecular weight is 300 g/mol. The molecule has 2 rings (SSSR count). The van der Waals surface area contributed by atoms with Crippen molar-refractivity contribution in [2.24, 2.45) is 0 Å². The van der Waals surface area contributed by atoms with Crippen molar-refractivity contribution in [1.82, 2.24) is 0 Å². The van der Waals surface area contributed by atoms with Gasteiger partial charge in [0.2, 0.25) is 0 Å². The molecule has 20 heavy (non-hydrogen) atoms. The van der Waals surface area contributed by atoms with Crippen LogP contribution in [0.5, 0.6) is 5.75 Å². The summed E-state index contributed by atoms with van der Waals surface area (Å²) < 4.78 is 35.6. The molecule has 0 spiro atoms. The third-order valence-electron chi connectivity index (χ3n) is 3.15. The normalized spacial score (nSPS) is 19.8. The highest BCUT2D eigenvalue weighted by molar-refractivity contribution is 7.85. The molecule has 0 N–H and O–H groups in total. The molecule has 0 saturated carbocycles. The minimum Gasteiger partial charge on any atom is -0.496 e. The monoisotopic (exact) mass is 300 g/mol. The lowest BCUT2D eigenvalue weighted by molar-refractivity contribution is 0.101. The minimum absolute atomic E-state index is 0.0296.